The zero-order valence-electron chi connectivity index (χ0n) is 9.72. The summed E-state index contributed by atoms with van der Waals surface area (Å²) in [5.41, 5.74) is 2.28. The molecule has 17 heavy (non-hydrogen) atoms. The second-order valence-corrected chi connectivity index (χ2v) is 4.77. The second kappa shape index (κ2) is 5.19. The number of aromatic nitrogens is 1. The van der Waals surface area contributed by atoms with Crippen molar-refractivity contribution in [3.63, 3.8) is 0 Å². The Hall–Kier alpha value is -1.55. The van der Waals surface area contributed by atoms with E-state index in [1.54, 1.807) is 11.3 Å². The molecule has 3 nitrogen and oxygen atoms in total. The standard InChI is InChI=1S/C13H15NO2S/c1-2-14-10(6-8-13(15)16)5-7-11(14)12-4-3-9-17-12/h3-5,7,9H,2,6,8H2,1H3,(H,15,16). The molecule has 0 spiro atoms. The summed E-state index contributed by atoms with van der Waals surface area (Å²) in [6.07, 6.45) is 0.780. The largest absolute Gasteiger partial charge is 0.481 e. The van der Waals surface area contributed by atoms with Crippen LogP contribution in [0.25, 0.3) is 10.6 Å². The molecule has 0 aromatic carbocycles. The van der Waals surface area contributed by atoms with Gasteiger partial charge in [-0.05, 0) is 36.9 Å². The van der Waals surface area contributed by atoms with Crippen molar-refractivity contribution < 1.29 is 9.90 Å². The van der Waals surface area contributed by atoms with Crippen LogP contribution in [-0.2, 0) is 17.8 Å². The summed E-state index contributed by atoms with van der Waals surface area (Å²) >= 11 is 1.71. The average molecular weight is 249 g/mol. The van der Waals surface area contributed by atoms with E-state index in [0.717, 1.165) is 12.2 Å². The van der Waals surface area contributed by atoms with Crippen molar-refractivity contribution >= 4 is 17.3 Å². The van der Waals surface area contributed by atoms with Gasteiger partial charge in [0.05, 0.1) is 17.0 Å². The molecule has 2 aromatic heterocycles. The number of carboxylic acids is 1. The number of rotatable bonds is 5. The van der Waals surface area contributed by atoms with Gasteiger partial charge in [0.15, 0.2) is 0 Å². The Morgan fingerprint density at radius 1 is 1.41 bits per heavy atom. The number of hydrogen-bond acceptors (Lipinski definition) is 2. The predicted octanol–water partition coefficient (Wildman–Crippen LogP) is 3.25. The van der Waals surface area contributed by atoms with Gasteiger partial charge in [-0.25, -0.2) is 0 Å². The first-order valence-corrected chi connectivity index (χ1v) is 6.54. The Labute approximate surface area is 104 Å². The molecule has 0 saturated carbocycles. The highest BCUT2D eigenvalue weighted by molar-refractivity contribution is 7.13. The maximum absolute atomic E-state index is 10.6. The van der Waals surface area contributed by atoms with Gasteiger partial charge in [-0.3, -0.25) is 4.79 Å². The lowest BCUT2D eigenvalue weighted by Gasteiger charge is -2.09. The highest BCUT2D eigenvalue weighted by atomic mass is 32.1. The van der Waals surface area contributed by atoms with E-state index in [2.05, 4.69) is 29.0 Å². The maximum Gasteiger partial charge on any atom is 0.303 e. The Morgan fingerprint density at radius 3 is 2.82 bits per heavy atom. The first-order chi connectivity index (χ1) is 8.22. The van der Waals surface area contributed by atoms with Crippen molar-refractivity contribution in [1.82, 2.24) is 4.57 Å². The number of carboxylic acid groups (broad SMARTS) is 1. The SMILES string of the molecule is CCn1c(CCC(=O)O)ccc1-c1cccs1. The van der Waals surface area contributed by atoms with Crippen LogP contribution in [0.1, 0.15) is 19.0 Å². The van der Waals surface area contributed by atoms with Crippen molar-refractivity contribution in [3.8, 4) is 10.6 Å². The van der Waals surface area contributed by atoms with Crippen LogP contribution in [0.3, 0.4) is 0 Å². The molecule has 0 saturated heterocycles. The molecule has 4 heteroatoms. The molecule has 0 aliphatic heterocycles. The lowest BCUT2D eigenvalue weighted by atomic mass is 10.2. The minimum atomic E-state index is -0.744. The van der Waals surface area contributed by atoms with Crippen molar-refractivity contribution in [2.24, 2.45) is 0 Å². The van der Waals surface area contributed by atoms with Crippen LogP contribution in [0, 0.1) is 0 Å². The molecule has 0 aliphatic carbocycles. The Balaban J connectivity index is 2.27. The van der Waals surface area contributed by atoms with Gasteiger partial charge < -0.3 is 9.67 Å². The third-order valence-electron chi connectivity index (χ3n) is 2.76. The van der Waals surface area contributed by atoms with Crippen LogP contribution < -0.4 is 0 Å². The minimum Gasteiger partial charge on any atom is -0.481 e. The third-order valence-corrected chi connectivity index (χ3v) is 3.65. The first-order valence-electron chi connectivity index (χ1n) is 5.66. The monoisotopic (exact) mass is 249 g/mol. The van der Waals surface area contributed by atoms with Gasteiger partial charge in [-0.2, -0.15) is 0 Å². The molecular formula is C13H15NO2S. The van der Waals surface area contributed by atoms with Gasteiger partial charge >= 0.3 is 5.97 Å². The molecule has 0 fully saturated rings. The van der Waals surface area contributed by atoms with E-state index in [-0.39, 0.29) is 6.42 Å². The molecular weight excluding hydrogens is 234 g/mol. The number of aliphatic carboxylic acids is 1. The number of nitrogens with zero attached hydrogens (tertiary/aromatic N) is 1. The average Bonchev–Trinajstić information content (AvgIpc) is 2.94. The molecule has 2 aromatic rings. The smallest absolute Gasteiger partial charge is 0.303 e. The highest BCUT2D eigenvalue weighted by Gasteiger charge is 2.10. The quantitative estimate of drug-likeness (QED) is 0.883. The maximum atomic E-state index is 10.6. The summed E-state index contributed by atoms with van der Waals surface area (Å²) in [6, 6.07) is 8.23. The van der Waals surface area contributed by atoms with Gasteiger partial charge in [0, 0.05) is 12.2 Å². The molecule has 1 N–H and O–H groups in total. The molecule has 0 radical (unpaired) electrons. The lowest BCUT2D eigenvalue weighted by Crippen LogP contribution is -2.05. The summed E-state index contributed by atoms with van der Waals surface area (Å²) in [4.78, 5) is 11.8. The molecule has 0 amide bonds. The van der Waals surface area contributed by atoms with Crippen molar-refractivity contribution in [3.05, 3.63) is 35.3 Å². The van der Waals surface area contributed by atoms with Crippen LogP contribution >= 0.6 is 11.3 Å². The molecule has 0 unspecified atom stereocenters. The van der Waals surface area contributed by atoms with E-state index in [0.29, 0.717) is 6.42 Å². The molecule has 0 atom stereocenters. The number of hydrogen-bond donors (Lipinski definition) is 1. The van der Waals surface area contributed by atoms with Gasteiger partial charge in [0.1, 0.15) is 0 Å². The molecule has 0 bridgehead atoms. The van der Waals surface area contributed by atoms with Gasteiger partial charge in [-0.1, -0.05) is 6.07 Å². The van der Waals surface area contributed by atoms with Gasteiger partial charge in [-0.15, -0.1) is 11.3 Å². The van der Waals surface area contributed by atoms with Gasteiger partial charge in [0.25, 0.3) is 0 Å². The lowest BCUT2D eigenvalue weighted by molar-refractivity contribution is -0.136. The van der Waals surface area contributed by atoms with Crippen LogP contribution in [0.5, 0.6) is 0 Å². The topological polar surface area (TPSA) is 42.2 Å². The van der Waals surface area contributed by atoms with Crippen LogP contribution in [0.15, 0.2) is 29.6 Å². The van der Waals surface area contributed by atoms with Crippen LogP contribution in [-0.4, -0.2) is 15.6 Å². The predicted molar refractivity (Wildman–Crippen MR) is 69.4 cm³/mol. The zero-order chi connectivity index (χ0) is 12.3. The molecule has 2 rings (SSSR count). The van der Waals surface area contributed by atoms with Gasteiger partial charge in [0.2, 0.25) is 0 Å². The Kier molecular flexibility index (Phi) is 3.64. The van der Waals surface area contributed by atoms with E-state index in [1.165, 1.54) is 10.6 Å². The number of thiophene rings is 1. The highest BCUT2D eigenvalue weighted by Crippen LogP contribution is 2.27. The second-order valence-electron chi connectivity index (χ2n) is 3.83. The fourth-order valence-electron chi connectivity index (χ4n) is 1.98. The fourth-order valence-corrected chi connectivity index (χ4v) is 2.74. The van der Waals surface area contributed by atoms with Crippen LogP contribution in [0.2, 0.25) is 0 Å². The zero-order valence-corrected chi connectivity index (χ0v) is 10.5. The molecule has 0 aliphatic rings. The Morgan fingerprint density at radius 2 is 2.24 bits per heavy atom. The number of aryl methyl sites for hydroxylation is 1. The summed E-state index contributed by atoms with van der Waals surface area (Å²) < 4.78 is 2.19. The summed E-state index contributed by atoms with van der Waals surface area (Å²) in [6.45, 7) is 2.95. The van der Waals surface area contributed by atoms with Crippen molar-refractivity contribution in [2.45, 2.75) is 26.3 Å². The first kappa shape index (κ1) is 11.9. The molecule has 90 valence electrons. The molecule has 2 heterocycles. The minimum absolute atomic E-state index is 0.188. The van der Waals surface area contributed by atoms with Crippen molar-refractivity contribution in [1.29, 1.82) is 0 Å². The van der Waals surface area contributed by atoms with E-state index < -0.39 is 5.97 Å². The Bertz CT molecular complexity index is 499. The summed E-state index contributed by atoms with van der Waals surface area (Å²) in [5.74, 6) is -0.744. The van der Waals surface area contributed by atoms with E-state index in [4.69, 9.17) is 5.11 Å². The summed E-state index contributed by atoms with van der Waals surface area (Å²) in [5, 5.41) is 10.8. The van der Waals surface area contributed by atoms with Crippen molar-refractivity contribution in [2.75, 3.05) is 0 Å². The third kappa shape index (κ3) is 2.58. The normalized spacial score (nSPS) is 10.6. The summed E-state index contributed by atoms with van der Waals surface area (Å²) in [7, 11) is 0. The van der Waals surface area contributed by atoms with Crippen LogP contribution in [0.4, 0.5) is 0 Å². The fraction of sp³-hybridized carbons (Fsp3) is 0.308. The van der Waals surface area contributed by atoms with E-state index >= 15 is 0 Å². The van der Waals surface area contributed by atoms with E-state index in [9.17, 15) is 4.79 Å². The van der Waals surface area contributed by atoms with E-state index in [1.807, 2.05) is 12.1 Å². The number of carbonyl (C=O) groups is 1.